The molecular weight excluding hydrogens is 310 g/mol. The van der Waals surface area contributed by atoms with Crippen molar-refractivity contribution in [3.05, 3.63) is 66.2 Å². The number of para-hydroxylation sites is 1. The molecule has 0 spiro atoms. The first kappa shape index (κ1) is 16.2. The number of hydrogen-bond acceptors (Lipinski definition) is 3. The average Bonchev–Trinajstić information content (AvgIpc) is 3.31. The molecule has 0 unspecified atom stereocenters. The van der Waals surface area contributed by atoms with Crippen molar-refractivity contribution in [2.75, 3.05) is 25.0 Å². The molecule has 1 heterocycles. The summed E-state index contributed by atoms with van der Waals surface area (Å²) in [5.74, 6) is 0.898. The Hall–Kier alpha value is -2.33. The minimum atomic E-state index is -0.411. The predicted octanol–water partition coefficient (Wildman–Crippen LogP) is 2.83. The van der Waals surface area contributed by atoms with Gasteiger partial charge in [0.1, 0.15) is 5.54 Å². The number of amides is 1. The van der Waals surface area contributed by atoms with Gasteiger partial charge < -0.3 is 16.0 Å². The van der Waals surface area contributed by atoms with Crippen LogP contribution in [-0.4, -0.2) is 36.0 Å². The number of likely N-dealkylation sites (tertiary alicyclic amines) is 1. The molecule has 2 fully saturated rings. The van der Waals surface area contributed by atoms with Crippen LogP contribution in [0.2, 0.25) is 0 Å². The number of carbonyl (C=O) groups is 1. The lowest BCUT2D eigenvalue weighted by Crippen LogP contribution is -2.44. The third-order valence-electron chi connectivity index (χ3n) is 5.58. The number of benzene rings is 2. The lowest BCUT2D eigenvalue weighted by Gasteiger charge is -2.25. The molecule has 4 heteroatoms. The van der Waals surface area contributed by atoms with E-state index in [0.29, 0.717) is 18.4 Å². The Balaban J connectivity index is 1.49. The molecule has 130 valence electrons. The van der Waals surface area contributed by atoms with Crippen molar-refractivity contribution in [1.29, 1.82) is 0 Å². The van der Waals surface area contributed by atoms with Gasteiger partial charge in [-0.2, -0.15) is 0 Å². The van der Waals surface area contributed by atoms with Crippen molar-refractivity contribution in [2.24, 2.45) is 11.7 Å². The first-order valence-electron chi connectivity index (χ1n) is 9.09. The van der Waals surface area contributed by atoms with Crippen molar-refractivity contribution < 1.29 is 4.79 Å². The molecule has 3 N–H and O–H groups in total. The summed E-state index contributed by atoms with van der Waals surface area (Å²) in [7, 11) is 0. The molecule has 1 aliphatic heterocycles. The van der Waals surface area contributed by atoms with Crippen molar-refractivity contribution >= 4 is 11.6 Å². The Bertz CT molecular complexity index is 727. The topological polar surface area (TPSA) is 58.4 Å². The molecule has 2 atom stereocenters. The number of anilines is 1. The van der Waals surface area contributed by atoms with Gasteiger partial charge in [0.25, 0.3) is 0 Å². The van der Waals surface area contributed by atoms with Gasteiger partial charge in [-0.3, -0.25) is 4.79 Å². The van der Waals surface area contributed by atoms with E-state index < -0.39 is 5.54 Å². The number of nitrogens with one attached hydrogen (secondary N) is 1. The van der Waals surface area contributed by atoms with Crippen molar-refractivity contribution in [2.45, 2.75) is 24.3 Å². The van der Waals surface area contributed by atoms with Crippen LogP contribution in [0.4, 0.5) is 5.69 Å². The fourth-order valence-electron chi connectivity index (χ4n) is 3.97. The van der Waals surface area contributed by atoms with E-state index in [1.54, 1.807) is 0 Å². The van der Waals surface area contributed by atoms with Crippen LogP contribution in [0.5, 0.6) is 0 Å². The number of nitrogens with two attached hydrogens (primary N) is 1. The highest BCUT2D eigenvalue weighted by Gasteiger charge is 2.53. The van der Waals surface area contributed by atoms with Crippen molar-refractivity contribution in [3.63, 3.8) is 0 Å². The predicted molar refractivity (Wildman–Crippen MR) is 100 cm³/mol. The van der Waals surface area contributed by atoms with Gasteiger partial charge in [0, 0.05) is 24.7 Å². The number of nitrogens with zero attached hydrogens (tertiary/aromatic N) is 1. The van der Waals surface area contributed by atoms with Gasteiger partial charge in [0.15, 0.2) is 0 Å². The van der Waals surface area contributed by atoms with Crippen LogP contribution in [0.3, 0.4) is 0 Å². The van der Waals surface area contributed by atoms with Crippen LogP contribution >= 0.6 is 0 Å². The summed E-state index contributed by atoms with van der Waals surface area (Å²) in [6.07, 6.45) is 1.81. The van der Waals surface area contributed by atoms with E-state index in [0.717, 1.165) is 31.6 Å². The molecule has 1 amide bonds. The highest BCUT2D eigenvalue weighted by Crippen LogP contribution is 2.43. The Morgan fingerprint density at radius 3 is 2.28 bits per heavy atom. The summed E-state index contributed by atoms with van der Waals surface area (Å²) in [6.45, 7) is 2.14. The molecule has 1 aliphatic carbocycles. The quantitative estimate of drug-likeness (QED) is 0.883. The van der Waals surface area contributed by atoms with E-state index in [1.807, 2.05) is 41.3 Å². The largest absolute Gasteiger partial charge is 0.371 e. The lowest BCUT2D eigenvalue weighted by atomic mass is 9.89. The molecule has 0 bridgehead atoms. The van der Waals surface area contributed by atoms with Crippen LogP contribution in [0, 0.1) is 5.92 Å². The maximum Gasteiger partial charge on any atom is 0.248 e. The average molecular weight is 335 g/mol. The fourth-order valence-corrected chi connectivity index (χ4v) is 3.97. The highest BCUT2D eigenvalue weighted by molar-refractivity contribution is 5.93. The van der Waals surface area contributed by atoms with E-state index >= 15 is 0 Å². The minimum absolute atomic E-state index is 0.230. The second kappa shape index (κ2) is 6.52. The molecule has 2 aliphatic rings. The maximum atomic E-state index is 13.2. The van der Waals surface area contributed by atoms with Gasteiger partial charge in [-0.05, 0) is 43.0 Å². The molecule has 0 radical (unpaired) electrons. The van der Waals surface area contributed by atoms with Crippen LogP contribution in [0.15, 0.2) is 60.7 Å². The first-order chi connectivity index (χ1) is 12.2. The molecular formula is C21H25N3O. The molecule has 2 aromatic carbocycles. The summed E-state index contributed by atoms with van der Waals surface area (Å²) in [5, 5.41) is 3.47. The normalized spacial score (nSPS) is 24.1. The molecule has 4 rings (SSSR count). The third-order valence-corrected chi connectivity index (χ3v) is 5.58. The first-order valence-corrected chi connectivity index (χ1v) is 9.09. The fraction of sp³-hybridized carbons (Fsp3) is 0.381. The summed E-state index contributed by atoms with van der Waals surface area (Å²) >= 11 is 0. The standard InChI is InChI=1S/C21H25N3O/c22-13-17-14-24(15-19(17)16-7-3-1-4-8-16)20(25)21(11-12-21)23-18-9-5-2-6-10-18/h1-10,17,19,23H,11-15,22H2/t17-,19+/m1/s1. The zero-order chi connectivity index (χ0) is 17.3. The highest BCUT2D eigenvalue weighted by atomic mass is 16.2. The van der Waals surface area contributed by atoms with Crippen LogP contribution < -0.4 is 11.1 Å². The van der Waals surface area contributed by atoms with E-state index in [2.05, 4.69) is 29.6 Å². The van der Waals surface area contributed by atoms with Crippen LogP contribution in [-0.2, 0) is 4.79 Å². The molecule has 0 aromatic heterocycles. The van der Waals surface area contributed by atoms with Gasteiger partial charge in [-0.25, -0.2) is 0 Å². The Kier molecular flexibility index (Phi) is 4.22. The van der Waals surface area contributed by atoms with Gasteiger partial charge in [0.2, 0.25) is 5.91 Å². The Morgan fingerprint density at radius 1 is 1.04 bits per heavy atom. The third kappa shape index (κ3) is 3.14. The number of hydrogen-bond donors (Lipinski definition) is 2. The number of carbonyl (C=O) groups excluding carboxylic acids is 1. The van der Waals surface area contributed by atoms with Crippen molar-refractivity contribution in [3.8, 4) is 0 Å². The van der Waals surface area contributed by atoms with Gasteiger partial charge in [-0.1, -0.05) is 48.5 Å². The van der Waals surface area contributed by atoms with Gasteiger partial charge in [0.05, 0.1) is 0 Å². The maximum absolute atomic E-state index is 13.2. The molecule has 25 heavy (non-hydrogen) atoms. The molecule has 1 saturated carbocycles. The van der Waals surface area contributed by atoms with E-state index in [1.165, 1.54) is 5.56 Å². The van der Waals surface area contributed by atoms with E-state index in [-0.39, 0.29) is 5.91 Å². The summed E-state index contributed by atoms with van der Waals surface area (Å²) in [6, 6.07) is 20.5. The van der Waals surface area contributed by atoms with Gasteiger partial charge in [-0.15, -0.1) is 0 Å². The smallest absolute Gasteiger partial charge is 0.248 e. The molecule has 1 saturated heterocycles. The van der Waals surface area contributed by atoms with Crippen LogP contribution in [0.25, 0.3) is 0 Å². The van der Waals surface area contributed by atoms with Gasteiger partial charge >= 0.3 is 0 Å². The SMILES string of the molecule is NC[C@@H]1CN(C(=O)C2(Nc3ccccc3)CC2)C[C@H]1c1ccccc1. The Morgan fingerprint density at radius 2 is 1.68 bits per heavy atom. The monoisotopic (exact) mass is 335 g/mol. The number of rotatable bonds is 5. The summed E-state index contributed by atoms with van der Waals surface area (Å²) < 4.78 is 0. The zero-order valence-corrected chi connectivity index (χ0v) is 14.4. The van der Waals surface area contributed by atoms with E-state index in [4.69, 9.17) is 5.73 Å². The molecule has 4 nitrogen and oxygen atoms in total. The minimum Gasteiger partial charge on any atom is -0.371 e. The summed E-state index contributed by atoms with van der Waals surface area (Å²) in [4.78, 5) is 15.2. The zero-order valence-electron chi connectivity index (χ0n) is 14.4. The second-order valence-corrected chi connectivity index (χ2v) is 7.30. The van der Waals surface area contributed by atoms with E-state index in [9.17, 15) is 4.79 Å². The second-order valence-electron chi connectivity index (χ2n) is 7.30. The molecule has 2 aromatic rings. The van der Waals surface area contributed by atoms with Crippen molar-refractivity contribution in [1.82, 2.24) is 4.90 Å². The lowest BCUT2D eigenvalue weighted by molar-refractivity contribution is -0.132. The summed E-state index contributed by atoms with van der Waals surface area (Å²) in [5.41, 5.74) is 7.91. The van der Waals surface area contributed by atoms with Crippen LogP contribution in [0.1, 0.15) is 24.3 Å². The Labute approximate surface area is 149 Å².